The van der Waals surface area contributed by atoms with Gasteiger partial charge in [0.05, 0.1) is 38.3 Å². The van der Waals surface area contributed by atoms with Crippen LogP contribution in [0.15, 0.2) is 103 Å². The molecule has 0 aliphatic carbocycles. The molecule has 4 rings (SSSR count). The van der Waals surface area contributed by atoms with E-state index in [4.69, 9.17) is 18.9 Å². The van der Waals surface area contributed by atoms with Crippen molar-refractivity contribution in [2.75, 3.05) is 6.61 Å². The first-order valence-electron chi connectivity index (χ1n) is 11.6. The first kappa shape index (κ1) is 23.2. The molecule has 0 radical (unpaired) electrons. The van der Waals surface area contributed by atoms with Crippen LogP contribution in [-0.4, -0.2) is 24.9 Å². The Morgan fingerprint density at radius 1 is 0.727 bits per heavy atom. The van der Waals surface area contributed by atoms with E-state index in [2.05, 4.69) is 36.4 Å². The minimum Gasteiger partial charge on any atom is -0.490 e. The zero-order valence-corrected chi connectivity index (χ0v) is 19.1. The van der Waals surface area contributed by atoms with Gasteiger partial charge in [-0.1, -0.05) is 91.0 Å². The Morgan fingerprint density at radius 2 is 1.24 bits per heavy atom. The molecular formula is C29H32O4. The van der Waals surface area contributed by atoms with Crippen LogP contribution in [0.3, 0.4) is 0 Å². The number of hydrogen-bond acceptors (Lipinski definition) is 4. The molecule has 1 fully saturated rings. The molecule has 1 saturated heterocycles. The van der Waals surface area contributed by atoms with Gasteiger partial charge in [0.25, 0.3) is 0 Å². The average Bonchev–Trinajstić information content (AvgIpc) is 2.88. The lowest BCUT2D eigenvalue weighted by Gasteiger charge is -2.39. The molecule has 1 aliphatic rings. The smallest absolute Gasteiger partial charge is 0.150 e. The molecule has 0 bridgehead atoms. The fourth-order valence-electron chi connectivity index (χ4n) is 3.96. The maximum Gasteiger partial charge on any atom is 0.150 e. The van der Waals surface area contributed by atoms with E-state index < -0.39 is 0 Å². The Hall–Kier alpha value is -2.92. The topological polar surface area (TPSA) is 36.9 Å². The lowest BCUT2D eigenvalue weighted by molar-refractivity contribution is -0.178. The van der Waals surface area contributed by atoms with Crippen LogP contribution in [0, 0.1) is 0 Å². The van der Waals surface area contributed by atoms with Crippen molar-refractivity contribution < 1.29 is 18.9 Å². The molecule has 3 aromatic carbocycles. The third-order valence-electron chi connectivity index (χ3n) is 5.75. The summed E-state index contributed by atoms with van der Waals surface area (Å²) >= 11 is 0. The average molecular weight is 445 g/mol. The largest absolute Gasteiger partial charge is 0.490 e. The first-order valence-corrected chi connectivity index (χ1v) is 11.6. The van der Waals surface area contributed by atoms with Crippen molar-refractivity contribution in [2.45, 2.75) is 51.5 Å². The molecular weight excluding hydrogens is 412 g/mol. The predicted octanol–water partition coefficient (Wildman–Crippen LogP) is 6.07. The van der Waals surface area contributed by atoms with Gasteiger partial charge < -0.3 is 18.9 Å². The van der Waals surface area contributed by atoms with Crippen LogP contribution in [0.25, 0.3) is 0 Å². The summed E-state index contributed by atoms with van der Waals surface area (Å²) in [6, 6.07) is 30.6. The monoisotopic (exact) mass is 444 g/mol. The predicted molar refractivity (Wildman–Crippen MR) is 129 cm³/mol. The van der Waals surface area contributed by atoms with Gasteiger partial charge in [0.2, 0.25) is 0 Å². The fourth-order valence-corrected chi connectivity index (χ4v) is 3.96. The highest BCUT2D eigenvalue weighted by Gasteiger charge is 2.38. The highest BCUT2D eigenvalue weighted by atomic mass is 16.6. The van der Waals surface area contributed by atoms with Gasteiger partial charge in [0.1, 0.15) is 6.10 Å². The minimum atomic E-state index is -0.252. The van der Waals surface area contributed by atoms with Crippen molar-refractivity contribution in [3.8, 4) is 0 Å². The Balaban J connectivity index is 1.45. The second-order valence-electron chi connectivity index (χ2n) is 8.21. The van der Waals surface area contributed by atoms with Crippen LogP contribution in [0.1, 0.15) is 30.0 Å². The van der Waals surface area contributed by atoms with Crippen molar-refractivity contribution in [1.82, 2.24) is 0 Å². The maximum atomic E-state index is 6.42. The molecule has 1 aliphatic heterocycles. The van der Waals surface area contributed by atoms with Gasteiger partial charge in [0.15, 0.2) is 6.10 Å². The summed E-state index contributed by atoms with van der Waals surface area (Å²) in [7, 11) is 0. The molecule has 0 unspecified atom stereocenters. The maximum absolute atomic E-state index is 6.42. The van der Waals surface area contributed by atoms with Crippen molar-refractivity contribution in [2.24, 2.45) is 0 Å². The molecule has 33 heavy (non-hydrogen) atoms. The van der Waals surface area contributed by atoms with Crippen LogP contribution in [-0.2, 0) is 38.8 Å². The van der Waals surface area contributed by atoms with Crippen LogP contribution in [0.2, 0.25) is 0 Å². The normalized spacial score (nSPS) is 21.6. The first-order chi connectivity index (χ1) is 16.3. The molecule has 0 N–H and O–H groups in total. The van der Waals surface area contributed by atoms with Gasteiger partial charge >= 0.3 is 0 Å². The van der Waals surface area contributed by atoms with E-state index in [1.807, 2.05) is 67.6 Å². The van der Waals surface area contributed by atoms with E-state index in [0.29, 0.717) is 32.8 Å². The fraction of sp³-hybridized carbons (Fsp3) is 0.310. The Bertz CT molecular complexity index is 972. The molecule has 172 valence electrons. The number of ether oxygens (including phenoxy) is 4. The van der Waals surface area contributed by atoms with Gasteiger partial charge in [-0.3, -0.25) is 0 Å². The lowest BCUT2D eigenvalue weighted by Crippen LogP contribution is -2.48. The van der Waals surface area contributed by atoms with E-state index in [1.165, 1.54) is 0 Å². The second-order valence-corrected chi connectivity index (χ2v) is 8.21. The van der Waals surface area contributed by atoms with Crippen molar-refractivity contribution >= 4 is 0 Å². The summed E-state index contributed by atoms with van der Waals surface area (Å²) in [6.45, 7) is 3.99. The molecule has 3 atom stereocenters. The summed E-state index contributed by atoms with van der Waals surface area (Å²) in [5, 5.41) is 0. The van der Waals surface area contributed by atoms with Gasteiger partial charge in [-0.25, -0.2) is 0 Å². The molecule has 4 heteroatoms. The Kier molecular flexibility index (Phi) is 8.70. The van der Waals surface area contributed by atoms with Crippen LogP contribution in [0.5, 0.6) is 0 Å². The van der Waals surface area contributed by atoms with E-state index in [1.54, 1.807) is 0 Å². The molecule has 0 spiro atoms. The van der Waals surface area contributed by atoms with Gasteiger partial charge in [-0.2, -0.15) is 0 Å². The molecule has 3 aromatic rings. The van der Waals surface area contributed by atoms with E-state index in [0.717, 1.165) is 22.4 Å². The quantitative estimate of drug-likeness (QED) is 0.380. The summed E-state index contributed by atoms with van der Waals surface area (Å²) < 4.78 is 25.2. The molecule has 1 heterocycles. The zero-order chi connectivity index (χ0) is 22.7. The highest BCUT2D eigenvalue weighted by Crippen LogP contribution is 2.29. The van der Waals surface area contributed by atoms with E-state index in [-0.39, 0.29) is 18.3 Å². The molecule has 0 saturated carbocycles. The number of rotatable bonds is 10. The second kappa shape index (κ2) is 12.4. The van der Waals surface area contributed by atoms with Crippen molar-refractivity contribution in [3.05, 3.63) is 120 Å². The SMILES string of the molecule is C/C=C1/C[C@@H](OCc2ccccc2)[C@@H](OCc2ccccc2)[C@@H](COCc2ccccc2)O1. The summed E-state index contributed by atoms with van der Waals surface area (Å²) in [5.41, 5.74) is 3.41. The van der Waals surface area contributed by atoms with E-state index >= 15 is 0 Å². The third kappa shape index (κ3) is 7.03. The molecule has 4 nitrogen and oxygen atoms in total. The highest BCUT2D eigenvalue weighted by molar-refractivity contribution is 5.15. The van der Waals surface area contributed by atoms with Crippen molar-refractivity contribution in [3.63, 3.8) is 0 Å². The minimum absolute atomic E-state index is 0.126. The molecule has 0 amide bonds. The number of benzene rings is 3. The Morgan fingerprint density at radius 3 is 1.79 bits per heavy atom. The van der Waals surface area contributed by atoms with E-state index in [9.17, 15) is 0 Å². The lowest BCUT2D eigenvalue weighted by atomic mass is 9.99. The summed E-state index contributed by atoms with van der Waals surface area (Å²) in [4.78, 5) is 0. The summed E-state index contributed by atoms with van der Waals surface area (Å²) in [6.07, 6.45) is 2.07. The van der Waals surface area contributed by atoms with Crippen LogP contribution < -0.4 is 0 Å². The van der Waals surface area contributed by atoms with Gasteiger partial charge in [-0.05, 0) is 29.7 Å². The van der Waals surface area contributed by atoms with Crippen molar-refractivity contribution in [1.29, 1.82) is 0 Å². The van der Waals surface area contributed by atoms with Gasteiger partial charge in [-0.15, -0.1) is 0 Å². The van der Waals surface area contributed by atoms with Gasteiger partial charge in [0, 0.05) is 6.42 Å². The zero-order valence-electron chi connectivity index (χ0n) is 19.1. The number of allylic oxidation sites excluding steroid dienone is 1. The van der Waals surface area contributed by atoms with Crippen LogP contribution >= 0.6 is 0 Å². The Labute approximate surface area is 196 Å². The van der Waals surface area contributed by atoms with Crippen LogP contribution in [0.4, 0.5) is 0 Å². The third-order valence-corrected chi connectivity index (χ3v) is 5.75. The molecule has 0 aromatic heterocycles. The summed E-state index contributed by atoms with van der Waals surface area (Å²) in [5.74, 6) is 0.918. The standard InChI is InChI=1S/C29H32O4/c1-2-26-18-27(31-20-24-14-8-4-9-15-24)29(32-21-25-16-10-5-11-17-25)28(33-26)22-30-19-23-12-6-3-7-13-23/h2-17,27-29H,18-22H2,1H3/b26-2-/t27-,28-,29-/m1/s1. The number of hydrogen-bond donors (Lipinski definition) is 0.